The zero-order valence-corrected chi connectivity index (χ0v) is 11.0. The number of rotatable bonds is 1. The number of anilines is 1. The number of benzene rings is 1. The van der Waals surface area contributed by atoms with Crippen molar-refractivity contribution in [2.24, 2.45) is 0 Å². The average molecular weight is 283 g/mol. The monoisotopic (exact) mass is 283 g/mol. The van der Waals surface area contributed by atoms with E-state index in [0.29, 0.717) is 12.8 Å². The molecule has 2 nitrogen and oxygen atoms in total. The second-order valence-corrected chi connectivity index (χ2v) is 5.64. The first-order valence-electron chi connectivity index (χ1n) is 6.92. The van der Waals surface area contributed by atoms with Crippen LogP contribution in [0.4, 0.5) is 18.9 Å². The van der Waals surface area contributed by atoms with Gasteiger partial charge in [-0.25, -0.2) is 0 Å². The van der Waals surface area contributed by atoms with Crippen LogP contribution < -0.4 is 4.90 Å². The highest BCUT2D eigenvalue weighted by atomic mass is 19.4. The van der Waals surface area contributed by atoms with Crippen molar-refractivity contribution in [2.75, 3.05) is 4.90 Å². The quantitative estimate of drug-likeness (QED) is 0.781. The first kappa shape index (κ1) is 13.5. The van der Waals surface area contributed by atoms with Gasteiger partial charge in [-0.15, -0.1) is 0 Å². The Hall–Kier alpha value is -1.52. The van der Waals surface area contributed by atoms with Crippen molar-refractivity contribution in [1.82, 2.24) is 0 Å². The van der Waals surface area contributed by atoms with Crippen molar-refractivity contribution in [2.45, 2.75) is 50.4 Å². The van der Waals surface area contributed by atoms with Crippen LogP contribution in [0.2, 0.25) is 0 Å². The van der Waals surface area contributed by atoms with E-state index in [1.165, 1.54) is 12.1 Å². The van der Waals surface area contributed by atoms with Crippen LogP contribution in [-0.4, -0.2) is 17.9 Å². The molecule has 0 saturated carbocycles. The Bertz CT molecular complexity index is 493. The summed E-state index contributed by atoms with van der Waals surface area (Å²) in [6.45, 7) is 0. The third-order valence-corrected chi connectivity index (χ3v) is 4.28. The topological polar surface area (TPSA) is 20.3 Å². The van der Waals surface area contributed by atoms with Gasteiger partial charge in [0.2, 0.25) is 0 Å². The summed E-state index contributed by atoms with van der Waals surface area (Å²) >= 11 is 0. The molecule has 2 unspecified atom stereocenters. The molecule has 0 radical (unpaired) electrons. The van der Waals surface area contributed by atoms with Gasteiger partial charge in [0.1, 0.15) is 5.78 Å². The highest BCUT2D eigenvalue weighted by molar-refractivity contribution is 5.82. The van der Waals surface area contributed by atoms with Gasteiger partial charge >= 0.3 is 6.18 Å². The minimum atomic E-state index is -4.30. The van der Waals surface area contributed by atoms with Gasteiger partial charge < -0.3 is 4.90 Å². The summed E-state index contributed by atoms with van der Waals surface area (Å²) in [6.07, 6.45) is -0.256. The number of Topliss-reactive ketones (excluding diaryl/α,β-unsaturated/α-hetero) is 1. The maximum atomic E-state index is 12.6. The summed E-state index contributed by atoms with van der Waals surface area (Å²) in [5, 5.41) is 0. The summed E-state index contributed by atoms with van der Waals surface area (Å²) in [6, 6.07) is 5.63. The zero-order valence-electron chi connectivity index (χ0n) is 11.0. The first-order chi connectivity index (χ1) is 9.45. The molecular formula is C15H16F3NO. The Kier molecular flexibility index (Phi) is 3.22. The zero-order chi connectivity index (χ0) is 14.3. The minimum Gasteiger partial charge on any atom is -0.365 e. The Morgan fingerprint density at radius 1 is 1.00 bits per heavy atom. The van der Waals surface area contributed by atoms with Crippen LogP contribution in [-0.2, 0) is 11.0 Å². The molecule has 3 rings (SSSR count). The second kappa shape index (κ2) is 4.79. The van der Waals surface area contributed by atoms with Gasteiger partial charge in [0.15, 0.2) is 0 Å². The van der Waals surface area contributed by atoms with Gasteiger partial charge in [0.25, 0.3) is 0 Å². The molecule has 0 spiro atoms. The van der Waals surface area contributed by atoms with Crippen LogP contribution >= 0.6 is 0 Å². The molecule has 0 aromatic heterocycles. The molecule has 0 aliphatic carbocycles. The van der Waals surface area contributed by atoms with Crippen molar-refractivity contribution in [3.63, 3.8) is 0 Å². The third-order valence-electron chi connectivity index (χ3n) is 4.28. The summed E-state index contributed by atoms with van der Waals surface area (Å²) in [7, 11) is 0. The van der Waals surface area contributed by atoms with Gasteiger partial charge in [0.05, 0.1) is 5.56 Å². The number of hydrogen-bond donors (Lipinski definition) is 0. The predicted octanol–water partition coefficient (Wildman–Crippen LogP) is 3.80. The van der Waals surface area contributed by atoms with E-state index >= 15 is 0 Å². The van der Waals surface area contributed by atoms with E-state index in [0.717, 1.165) is 37.1 Å². The molecule has 2 aliphatic rings. The Morgan fingerprint density at radius 3 is 2.05 bits per heavy atom. The van der Waals surface area contributed by atoms with E-state index in [2.05, 4.69) is 4.90 Å². The highest BCUT2D eigenvalue weighted by Crippen LogP contribution is 2.37. The predicted molar refractivity (Wildman–Crippen MR) is 69.6 cm³/mol. The molecule has 2 atom stereocenters. The number of carbonyl (C=O) groups excluding carboxylic acids is 1. The second-order valence-electron chi connectivity index (χ2n) is 5.64. The van der Waals surface area contributed by atoms with Crippen molar-refractivity contribution >= 4 is 11.5 Å². The molecular weight excluding hydrogens is 267 g/mol. The van der Waals surface area contributed by atoms with Gasteiger partial charge in [0, 0.05) is 30.6 Å². The Labute approximate surface area is 115 Å². The van der Waals surface area contributed by atoms with Crippen LogP contribution in [0.1, 0.15) is 37.7 Å². The molecule has 5 heteroatoms. The van der Waals surface area contributed by atoms with Crippen LogP contribution in [0.15, 0.2) is 24.3 Å². The van der Waals surface area contributed by atoms with Crippen molar-refractivity contribution in [3.05, 3.63) is 29.8 Å². The van der Waals surface area contributed by atoms with E-state index in [1.807, 2.05) is 0 Å². The Balaban J connectivity index is 1.87. The lowest BCUT2D eigenvalue weighted by molar-refractivity contribution is -0.137. The first-order valence-corrected chi connectivity index (χ1v) is 6.92. The van der Waals surface area contributed by atoms with Crippen LogP contribution in [0.5, 0.6) is 0 Å². The SMILES string of the molecule is O=C1CC2CCCC(C1)N2c1ccc(C(F)(F)F)cc1. The van der Waals surface area contributed by atoms with Crippen LogP contribution in [0, 0.1) is 0 Å². The van der Waals surface area contributed by atoms with E-state index in [4.69, 9.17) is 0 Å². The molecule has 0 amide bonds. The lowest BCUT2D eigenvalue weighted by Crippen LogP contribution is -2.52. The summed E-state index contributed by atoms with van der Waals surface area (Å²) in [5.41, 5.74) is 0.180. The number of fused-ring (bicyclic) bond motifs is 2. The summed E-state index contributed by atoms with van der Waals surface area (Å²) < 4.78 is 37.8. The van der Waals surface area contributed by atoms with E-state index in [1.54, 1.807) is 0 Å². The number of nitrogens with zero attached hydrogens (tertiary/aromatic N) is 1. The lowest BCUT2D eigenvalue weighted by atomic mass is 9.83. The molecule has 0 N–H and O–H groups in total. The van der Waals surface area contributed by atoms with Gasteiger partial charge in [-0.2, -0.15) is 13.2 Å². The van der Waals surface area contributed by atoms with Gasteiger partial charge in [-0.3, -0.25) is 4.79 Å². The minimum absolute atomic E-state index is 0.159. The number of halogens is 3. The molecule has 2 fully saturated rings. The summed E-state index contributed by atoms with van der Waals surface area (Å²) in [5.74, 6) is 0.280. The van der Waals surface area contributed by atoms with Gasteiger partial charge in [-0.05, 0) is 43.5 Å². The number of hydrogen-bond acceptors (Lipinski definition) is 2. The largest absolute Gasteiger partial charge is 0.416 e. The van der Waals surface area contributed by atoms with E-state index in [9.17, 15) is 18.0 Å². The average Bonchev–Trinajstić information content (AvgIpc) is 2.37. The Morgan fingerprint density at radius 2 is 1.55 bits per heavy atom. The van der Waals surface area contributed by atoms with Crippen molar-refractivity contribution in [1.29, 1.82) is 0 Å². The maximum absolute atomic E-state index is 12.6. The van der Waals surface area contributed by atoms with Crippen molar-refractivity contribution < 1.29 is 18.0 Å². The molecule has 2 saturated heterocycles. The molecule has 2 heterocycles. The number of carbonyl (C=O) groups is 1. The van der Waals surface area contributed by atoms with Crippen LogP contribution in [0.25, 0.3) is 0 Å². The fourth-order valence-corrected chi connectivity index (χ4v) is 3.42. The molecule has 1 aromatic rings. The number of piperidine rings is 2. The molecule has 108 valence electrons. The highest BCUT2D eigenvalue weighted by Gasteiger charge is 2.38. The van der Waals surface area contributed by atoms with Crippen LogP contribution in [0.3, 0.4) is 0 Å². The standard InChI is InChI=1S/C15H16F3NO/c16-15(17,18)10-4-6-11(7-5-10)19-12-2-1-3-13(19)9-14(20)8-12/h4-7,12-13H,1-3,8-9H2. The molecule has 2 aliphatic heterocycles. The molecule has 1 aromatic carbocycles. The normalized spacial score (nSPS) is 26.8. The van der Waals surface area contributed by atoms with E-state index in [-0.39, 0.29) is 17.9 Å². The number of ketones is 1. The summed E-state index contributed by atoms with van der Waals surface area (Å²) in [4.78, 5) is 13.8. The fourth-order valence-electron chi connectivity index (χ4n) is 3.42. The fraction of sp³-hybridized carbons (Fsp3) is 0.533. The smallest absolute Gasteiger partial charge is 0.365 e. The van der Waals surface area contributed by atoms with E-state index < -0.39 is 11.7 Å². The van der Waals surface area contributed by atoms with Gasteiger partial charge in [-0.1, -0.05) is 0 Å². The maximum Gasteiger partial charge on any atom is 0.416 e. The van der Waals surface area contributed by atoms with Crippen molar-refractivity contribution in [3.8, 4) is 0 Å². The number of alkyl halides is 3. The third kappa shape index (κ3) is 2.41. The lowest BCUT2D eigenvalue weighted by Gasteiger charge is -2.47. The molecule has 20 heavy (non-hydrogen) atoms. The molecule has 2 bridgehead atoms.